The Morgan fingerprint density at radius 3 is 1.48 bits per heavy atom. The van der Waals surface area contributed by atoms with E-state index in [1.807, 2.05) is 129 Å². The number of benzene rings is 3. The number of nitrogens with zero attached hydrogens (tertiary/aromatic N) is 6. The van der Waals surface area contributed by atoms with E-state index in [-0.39, 0.29) is 28.2 Å². The number of amides is 2. The Kier molecular flexibility index (Phi) is 26.3. The van der Waals surface area contributed by atoms with Gasteiger partial charge in [0.2, 0.25) is 0 Å². The molecule has 0 atom stereocenters. The number of carboxylic acids is 1. The third kappa shape index (κ3) is 19.0. The van der Waals surface area contributed by atoms with Crippen LogP contribution in [0.15, 0.2) is 96.1 Å². The topological polar surface area (TPSA) is 348 Å². The molecule has 0 aliphatic rings. The monoisotopic (exact) mass is 1570 g/mol. The minimum atomic E-state index is -0.974. The minimum Gasteiger partial charge on any atom is -0.501 e. The van der Waals surface area contributed by atoms with Crippen LogP contribution in [0.3, 0.4) is 0 Å². The maximum atomic E-state index is 12.3. The number of rotatable bonds is 13. The molecule has 21 nitrogen and oxygen atoms in total. The van der Waals surface area contributed by atoms with E-state index < -0.39 is 5.97 Å². The maximum Gasteiger partial charge on any atom is 0.350 e. The van der Waals surface area contributed by atoms with Gasteiger partial charge in [-0.3, -0.25) is 14.4 Å². The number of nitrogens with two attached hydrogens (primary N) is 5. The van der Waals surface area contributed by atoms with Crippen LogP contribution in [-0.2, 0) is 29.1 Å². The highest BCUT2D eigenvalue weighted by atomic mass is 127. The van der Waals surface area contributed by atoms with Gasteiger partial charge in [-0.25, -0.2) is 9.59 Å². The molecule has 9 aromatic rings. The van der Waals surface area contributed by atoms with E-state index in [0.717, 1.165) is 79.7 Å². The van der Waals surface area contributed by atoms with Crippen LogP contribution in [0.1, 0.15) is 67.9 Å². The molecule has 32 heteroatoms. The summed E-state index contributed by atoms with van der Waals surface area (Å²) < 4.78 is 33.2. The molecule has 3 aromatic carbocycles. The first kappa shape index (κ1) is 65.3. The number of hydrogen-bond donors (Lipinski definition) is 8. The highest BCUT2D eigenvalue weighted by Gasteiger charge is 2.19. The number of anilines is 5. The first-order valence-electron chi connectivity index (χ1n) is 22.2. The molecule has 6 heterocycles. The average Bonchev–Trinajstić information content (AvgIpc) is 4.28. The number of hydrogen-bond acceptors (Lipinski definition) is 22. The molecule has 0 saturated carbocycles. The van der Waals surface area contributed by atoms with Crippen LogP contribution in [0, 0.1) is 10.7 Å². The fourth-order valence-electron chi connectivity index (χ4n) is 5.84. The molecule has 9 rings (SSSR count). The number of halogens is 6. The largest absolute Gasteiger partial charge is 0.501 e. The number of aromatic carboxylic acids is 1. The van der Waals surface area contributed by atoms with Crippen molar-refractivity contribution in [1.29, 1.82) is 0 Å². The van der Waals surface area contributed by atoms with E-state index >= 15 is 0 Å². The number of carboxylic acid groups (broad SMARTS) is 1. The van der Waals surface area contributed by atoms with Gasteiger partial charge in [0, 0.05) is 45.3 Å². The van der Waals surface area contributed by atoms with Gasteiger partial charge in [0.15, 0.2) is 17.5 Å². The maximum absolute atomic E-state index is 12.3. The lowest BCUT2D eigenvalue weighted by atomic mass is 10.2. The van der Waals surface area contributed by atoms with Crippen molar-refractivity contribution in [3.05, 3.63) is 169 Å². The van der Waals surface area contributed by atoms with Crippen LogP contribution in [0.2, 0.25) is 15.1 Å². The Bertz CT molecular complexity index is 3650. The lowest BCUT2D eigenvalue weighted by Crippen LogP contribution is -2.22. The second kappa shape index (κ2) is 32.2. The molecule has 420 valence electrons. The zero-order valence-electron chi connectivity index (χ0n) is 41.3. The summed E-state index contributed by atoms with van der Waals surface area (Å²) >= 11 is 28.6. The summed E-state index contributed by atoms with van der Waals surface area (Å²) in [5.74, 6) is 0.0654. The van der Waals surface area contributed by atoms with Gasteiger partial charge >= 0.3 is 11.9 Å². The summed E-state index contributed by atoms with van der Waals surface area (Å²) in [7, 11) is 1.33. The van der Waals surface area contributed by atoms with Gasteiger partial charge < -0.3 is 58.4 Å². The van der Waals surface area contributed by atoms with Crippen LogP contribution in [-0.4, -0.2) is 69.0 Å². The Hall–Kier alpha value is -5.50. The molecule has 0 unspecified atom stereocenters. The highest BCUT2D eigenvalue weighted by Crippen LogP contribution is 2.26. The van der Waals surface area contributed by atoms with Gasteiger partial charge in [-0.1, -0.05) is 71.2 Å². The van der Waals surface area contributed by atoms with Crippen LogP contribution in [0.5, 0.6) is 0 Å². The van der Waals surface area contributed by atoms with Gasteiger partial charge in [0.25, 0.3) is 17.4 Å². The van der Waals surface area contributed by atoms with Gasteiger partial charge in [-0.2, -0.15) is 21.9 Å². The lowest BCUT2D eigenvalue weighted by molar-refractivity contribution is 0.0604. The number of ether oxygens (including phenoxy) is 2. The van der Waals surface area contributed by atoms with Crippen molar-refractivity contribution in [3.8, 4) is 0 Å². The summed E-state index contributed by atoms with van der Waals surface area (Å²) in [6.45, 7) is 3.78. The molecule has 0 spiro atoms. The molecule has 80 heavy (non-hydrogen) atoms. The first-order valence-corrected chi connectivity index (χ1v) is 30.5. The predicted molar refractivity (Wildman–Crippen MR) is 347 cm³/mol. The van der Waals surface area contributed by atoms with Crippen molar-refractivity contribution in [2.45, 2.75) is 26.6 Å². The molecule has 2 amide bonds. The number of methoxy groups -OCH3 is 1. The molecule has 0 radical (unpaired) electrons. The van der Waals surface area contributed by atoms with Crippen molar-refractivity contribution in [2.24, 2.45) is 0 Å². The summed E-state index contributed by atoms with van der Waals surface area (Å²) in [5, 5.41) is 16.9. The zero-order valence-corrected chi connectivity index (χ0v) is 54.1. The third-order valence-corrected chi connectivity index (χ3v) is 19.3. The molecule has 0 fully saturated rings. The Labute approximate surface area is 532 Å². The molecular weight excluding hydrogens is 1530 g/mol. The minimum absolute atomic E-state index is 0.0679. The number of fused-ring (bicyclic) bond motifs is 1. The van der Waals surface area contributed by atoms with E-state index in [9.17, 15) is 24.0 Å². The second-order valence-corrected chi connectivity index (χ2v) is 23.7. The quantitative estimate of drug-likeness (QED) is 0.0302. The van der Waals surface area contributed by atoms with E-state index in [1.165, 1.54) is 13.4 Å². The molecular formula is C48H43Cl3I3N13O8S5. The number of carbonyl (C=O) groups excluding carboxylic acids is 3. The molecule has 0 aliphatic carbocycles. The number of nitrogens with one attached hydrogen (secondary N) is 2. The SMILES string of the molecule is CCO/C=C\c1c(N)nsc1C(=O)NCc1ccc(Cl)cc1.COC(=O)c1snc(N)c1I.Nc1nsc(C(=O)NCc2ccc(Cl)cc2)c1I.Nc1nsc(C(=O)O)c1I.Nc1nsc2c(=O)n(Cc3ccc(Cl)cc3)ccc12. The van der Waals surface area contributed by atoms with Gasteiger partial charge in [-0.15, -0.1) is 0 Å². The van der Waals surface area contributed by atoms with E-state index in [2.05, 4.69) is 37.2 Å². The lowest BCUT2D eigenvalue weighted by Gasteiger charge is -2.05. The molecule has 0 saturated heterocycles. The van der Waals surface area contributed by atoms with Gasteiger partial charge in [0.1, 0.15) is 35.8 Å². The first-order chi connectivity index (χ1) is 38.1. The standard InChI is InChI=1S/C15H16ClN3O2S.C13H10ClN3OS.C11H9ClIN3OS.C5H5IN2O2S.C4H3IN2O2S/c1-2-21-8-7-12-13(22-19-14(12)17)15(20)18-9-10-3-5-11(16)6-4-10;14-9-3-1-8(2-4-9)7-17-6-5-10-11(13(17)18)19-16-12(10)15;12-7-3-1-6(2-4-7)5-15-11(17)9-8(13)10(14)16-18-9;1-10-5(9)3-2(6)4(7)8-11-3;5-1-2(4(8)9)10-7-3(1)6/h3-8H,2,9H2,1H3,(H2,17,19)(H,18,20);1-6H,7H2,(H2,15,16);1-4H,5H2,(H2,14,16)(H,15,17);1H3,(H2,7,8);(H2,6,7)(H,8,9)/b8-7-;;;;. The van der Waals surface area contributed by atoms with Crippen molar-refractivity contribution >= 4 is 229 Å². The van der Waals surface area contributed by atoms with E-state index in [0.29, 0.717) is 106 Å². The van der Waals surface area contributed by atoms with Crippen molar-refractivity contribution in [2.75, 3.05) is 42.4 Å². The van der Waals surface area contributed by atoms with E-state index in [4.69, 9.17) is 73.3 Å². The Morgan fingerprint density at radius 1 is 0.613 bits per heavy atom. The number of pyridine rings is 1. The van der Waals surface area contributed by atoms with Crippen LogP contribution in [0.25, 0.3) is 16.2 Å². The number of esters is 1. The Balaban J connectivity index is 0.000000189. The molecule has 6 aromatic heterocycles. The van der Waals surface area contributed by atoms with Crippen LogP contribution < -0.4 is 44.9 Å². The highest BCUT2D eigenvalue weighted by molar-refractivity contribution is 14.1. The molecule has 13 N–H and O–H groups in total. The van der Waals surface area contributed by atoms with Crippen molar-refractivity contribution < 1.29 is 33.8 Å². The number of carbonyl (C=O) groups is 4. The Morgan fingerprint density at radius 2 is 1.04 bits per heavy atom. The summed E-state index contributed by atoms with van der Waals surface area (Å²) in [4.78, 5) is 59.4. The average molecular weight is 1580 g/mol. The molecule has 0 aliphatic heterocycles. The normalized spacial score (nSPS) is 10.4. The van der Waals surface area contributed by atoms with Gasteiger partial charge in [-0.05, 0) is 198 Å². The van der Waals surface area contributed by atoms with Crippen LogP contribution in [0.4, 0.5) is 29.1 Å². The van der Waals surface area contributed by atoms with Crippen molar-refractivity contribution in [3.63, 3.8) is 0 Å². The zero-order chi connectivity index (χ0) is 58.6. The fourth-order valence-corrected chi connectivity index (χ4v) is 11.9. The van der Waals surface area contributed by atoms with Crippen LogP contribution >= 0.6 is 160 Å². The van der Waals surface area contributed by atoms with E-state index in [1.54, 1.807) is 41.1 Å². The summed E-state index contributed by atoms with van der Waals surface area (Å²) in [5.41, 5.74) is 31.3. The summed E-state index contributed by atoms with van der Waals surface area (Å²) in [6.07, 6.45) is 4.90. The number of nitrogen functional groups attached to an aromatic ring is 5. The predicted octanol–water partition coefficient (Wildman–Crippen LogP) is 11.1. The smallest absolute Gasteiger partial charge is 0.350 e. The van der Waals surface area contributed by atoms with Gasteiger partial charge in [0.05, 0.1) is 37.2 Å². The van der Waals surface area contributed by atoms with Crippen molar-refractivity contribution in [1.82, 2.24) is 37.1 Å². The molecule has 0 bridgehead atoms. The second-order valence-electron chi connectivity index (χ2n) is 15.3. The fraction of sp³-hybridized carbons (Fsp3) is 0.125. The number of aromatic nitrogens is 6. The third-order valence-electron chi connectivity index (χ3n) is 9.84. The summed E-state index contributed by atoms with van der Waals surface area (Å²) in [6, 6.07) is 23.9.